The van der Waals surface area contributed by atoms with E-state index in [1.165, 1.54) is 0 Å². The molecule has 0 aliphatic heterocycles. The van der Waals surface area contributed by atoms with E-state index in [9.17, 15) is 4.79 Å². The van der Waals surface area contributed by atoms with Gasteiger partial charge in [0.05, 0.1) is 0 Å². The molecule has 1 aromatic carbocycles. The Hall–Kier alpha value is -1.06. The number of halogens is 1. The molecule has 0 saturated heterocycles. The van der Waals surface area contributed by atoms with Crippen molar-refractivity contribution in [1.29, 1.82) is 0 Å². The minimum atomic E-state index is -0.132. The molecule has 3 nitrogen and oxygen atoms in total. The van der Waals surface area contributed by atoms with E-state index in [2.05, 4.69) is 5.32 Å². The number of hydrogen-bond donors (Lipinski definition) is 2. The number of carbonyl (C=O) groups excluding carboxylic acids is 1. The molecule has 0 spiro atoms. The molecule has 1 aromatic rings. The molecule has 0 radical (unpaired) electrons. The number of nitrogens with one attached hydrogen (secondary N) is 1. The Morgan fingerprint density at radius 3 is 2.94 bits per heavy atom. The first kappa shape index (κ1) is 13.0. The van der Waals surface area contributed by atoms with E-state index in [0.29, 0.717) is 23.6 Å². The third kappa shape index (κ3) is 4.21. The van der Waals surface area contributed by atoms with Crippen LogP contribution in [0, 0.1) is 5.92 Å². The first-order valence-corrected chi connectivity index (χ1v) is 5.66. The van der Waals surface area contributed by atoms with Crippen molar-refractivity contribution in [3.8, 4) is 0 Å². The van der Waals surface area contributed by atoms with Crippen LogP contribution in [0.15, 0.2) is 24.3 Å². The second-order valence-corrected chi connectivity index (χ2v) is 4.27. The van der Waals surface area contributed by atoms with E-state index in [-0.39, 0.29) is 18.4 Å². The summed E-state index contributed by atoms with van der Waals surface area (Å²) >= 11 is 5.79. The lowest BCUT2D eigenvalue weighted by atomic mass is 10.1. The summed E-state index contributed by atoms with van der Waals surface area (Å²) < 4.78 is 0. The third-order valence-electron chi connectivity index (χ3n) is 2.32. The highest BCUT2D eigenvalue weighted by Gasteiger charge is 2.07. The van der Waals surface area contributed by atoms with Gasteiger partial charge in [-0.15, -0.1) is 0 Å². The van der Waals surface area contributed by atoms with Crippen LogP contribution < -0.4 is 5.32 Å². The minimum absolute atomic E-state index is 0.132. The average molecular weight is 242 g/mol. The van der Waals surface area contributed by atoms with Gasteiger partial charge < -0.3 is 10.4 Å². The number of aliphatic hydroxyl groups excluding tert-OH is 1. The van der Waals surface area contributed by atoms with Crippen molar-refractivity contribution in [3.63, 3.8) is 0 Å². The van der Waals surface area contributed by atoms with Gasteiger partial charge in [-0.1, -0.05) is 24.6 Å². The molecule has 1 atom stereocenters. The van der Waals surface area contributed by atoms with E-state index in [1.54, 1.807) is 24.3 Å². The lowest BCUT2D eigenvalue weighted by Gasteiger charge is -2.11. The highest BCUT2D eigenvalue weighted by molar-refractivity contribution is 6.30. The zero-order chi connectivity index (χ0) is 12.0. The zero-order valence-corrected chi connectivity index (χ0v) is 10.00. The predicted molar refractivity (Wildman–Crippen MR) is 64.7 cm³/mol. The lowest BCUT2D eigenvalue weighted by Crippen LogP contribution is -2.28. The quantitative estimate of drug-likeness (QED) is 0.829. The molecular weight excluding hydrogens is 226 g/mol. The molecular formula is C12H16ClNO2. The van der Waals surface area contributed by atoms with Crippen molar-refractivity contribution in [1.82, 2.24) is 5.32 Å². The summed E-state index contributed by atoms with van der Waals surface area (Å²) in [6, 6.07) is 6.83. The van der Waals surface area contributed by atoms with Gasteiger partial charge in [-0.05, 0) is 30.5 Å². The van der Waals surface area contributed by atoms with Gasteiger partial charge in [-0.3, -0.25) is 4.79 Å². The molecule has 0 aromatic heterocycles. The van der Waals surface area contributed by atoms with Crippen LogP contribution in [-0.2, 0) is 0 Å². The Bertz CT molecular complexity index is 355. The van der Waals surface area contributed by atoms with Gasteiger partial charge >= 0.3 is 0 Å². The van der Waals surface area contributed by atoms with Crippen molar-refractivity contribution in [3.05, 3.63) is 34.9 Å². The lowest BCUT2D eigenvalue weighted by molar-refractivity contribution is 0.0945. The molecule has 0 aliphatic rings. The fraction of sp³-hybridized carbons (Fsp3) is 0.417. The Labute approximate surface area is 100 Å². The highest BCUT2D eigenvalue weighted by atomic mass is 35.5. The first-order valence-electron chi connectivity index (χ1n) is 5.28. The van der Waals surface area contributed by atoms with Crippen LogP contribution in [-0.4, -0.2) is 24.2 Å². The van der Waals surface area contributed by atoms with Gasteiger partial charge in [-0.2, -0.15) is 0 Å². The summed E-state index contributed by atoms with van der Waals surface area (Å²) in [6.45, 7) is 2.69. The van der Waals surface area contributed by atoms with Crippen LogP contribution in [0.25, 0.3) is 0 Å². The van der Waals surface area contributed by atoms with Gasteiger partial charge in [-0.25, -0.2) is 0 Å². The van der Waals surface area contributed by atoms with Crippen molar-refractivity contribution < 1.29 is 9.90 Å². The van der Waals surface area contributed by atoms with Crippen molar-refractivity contribution >= 4 is 17.5 Å². The van der Waals surface area contributed by atoms with Gasteiger partial charge in [0.2, 0.25) is 0 Å². The molecule has 0 saturated carbocycles. The van der Waals surface area contributed by atoms with Crippen LogP contribution in [0.4, 0.5) is 0 Å². The largest absolute Gasteiger partial charge is 0.396 e. The fourth-order valence-electron chi connectivity index (χ4n) is 1.32. The molecule has 88 valence electrons. The smallest absolute Gasteiger partial charge is 0.251 e. The molecule has 0 unspecified atom stereocenters. The van der Waals surface area contributed by atoms with E-state index < -0.39 is 0 Å². The maximum Gasteiger partial charge on any atom is 0.251 e. The van der Waals surface area contributed by atoms with Crippen molar-refractivity contribution in [2.45, 2.75) is 13.3 Å². The molecule has 0 fully saturated rings. The Balaban J connectivity index is 2.47. The van der Waals surface area contributed by atoms with Gasteiger partial charge in [0.25, 0.3) is 5.91 Å². The Morgan fingerprint density at radius 1 is 1.56 bits per heavy atom. The maximum absolute atomic E-state index is 11.7. The summed E-state index contributed by atoms with van der Waals surface area (Å²) in [5.41, 5.74) is 0.559. The minimum Gasteiger partial charge on any atom is -0.396 e. The summed E-state index contributed by atoms with van der Waals surface area (Å²) in [5, 5.41) is 12.1. The number of hydrogen-bond acceptors (Lipinski definition) is 2. The molecule has 16 heavy (non-hydrogen) atoms. The molecule has 1 amide bonds. The number of rotatable bonds is 5. The number of carbonyl (C=O) groups is 1. The summed E-state index contributed by atoms with van der Waals surface area (Å²) in [6.07, 6.45) is 0.690. The normalized spacial score (nSPS) is 12.2. The molecule has 4 heteroatoms. The van der Waals surface area contributed by atoms with Gasteiger partial charge in [0.1, 0.15) is 0 Å². The zero-order valence-electron chi connectivity index (χ0n) is 9.24. The van der Waals surface area contributed by atoms with Gasteiger partial charge in [0.15, 0.2) is 0 Å². The van der Waals surface area contributed by atoms with E-state index in [1.807, 2.05) is 6.92 Å². The van der Waals surface area contributed by atoms with Crippen LogP contribution in [0.5, 0.6) is 0 Å². The summed E-state index contributed by atoms with van der Waals surface area (Å²) in [5.74, 6) is 0.139. The van der Waals surface area contributed by atoms with Crippen LogP contribution in [0.3, 0.4) is 0 Å². The Kier molecular flexibility index (Phi) is 5.29. The van der Waals surface area contributed by atoms with Crippen LogP contribution >= 0.6 is 11.6 Å². The summed E-state index contributed by atoms with van der Waals surface area (Å²) in [7, 11) is 0. The average Bonchev–Trinajstić information content (AvgIpc) is 2.26. The van der Waals surface area contributed by atoms with Crippen molar-refractivity contribution in [2.75, 3.05) is 13.2 Å². The molecule has 0 heterocycles. The summed E-state index contributed by atoms with van der Waals surface area (Å²) in [4.78, 5) is 11.7. The standard InChI is InChI=1S/C12H16ClNO2/c1-9(5-6-15)8-14-12(16)10-3-2-4-11(13)7-10/h2-4,7,9,15H,5-6,8H2,1H3,(H,14,16)/t9-/m1/s1. The fourth-order valence-corrected chi connectivity index (χ4v) is 1.51. The molecule has 1 rings (SSSR count). The Morgan fingerprint density at radius 2 is 2.31 bits per heavy atom. The maximum atomic E-state index is 11.7. The highest BCUT2D eigenvalue weighted by Crippen LogP contribution is 2.10. The second-order valence-electron chi connectivity index (χ2n) is 3.84. The molecule has 2 N–H and O–H groups in total. The van der Waals surface area contributed by atoms with Crippen LogP contribution in [0.1, 0.15) is 23.7 Å². The van der Waals surface area contributed by atoms with E-state index in [0.717, 1.165) is 0 Å². The molecule has 0 aliphatic carbocycles. The first-order chi connectivity index (χ1) is 7.63. The number of amides is 1. The van der Waals surface area contributed by atoms with Crippen LogP contribution in [0.2, 0.25) is 5.02 Å². The molecule has 0 bridgehead atoms. The number of benzene rings is 1. The number of aliphatic hydroxyl groups is 1. The van der Waals surface area contributed by atoms with Crippen molar-refractivity contribution in [2.24, 2.45) is 5.92 Å². The van der Waals surface area contributed by atoms with Gasteiger partial charge in [0, 0.05) is 23.7 Å². The van der Waals surface area contributed by atoms with E-state index in [4.69, 9.17) is 16.7 Å². The monoisotopic (exact) mass is 241 g/mol. The van der Waals surface area contributed by atoms with E-state index >= 15 is 0 Å². The predicted octanol–water partition coefficient (Wildman–Crippen LogP) is 2.09. The second kappa shape index (κ2) is 6.51. The SMILES string of the molecule is C[C@H](CCO)CNC(=O)c1cccc(Cl)c1. The third-order valence-corrected chi connectivity index (χ3v) is 2.55. The topological polar surface area (TPSA) is 49.3 Å².